The quantitative estimate of drug-likeness (QED) is 0.904. The van der Waals surface area contributed by atoms with E-state index in [1.54, 1.807) is 11.8 Å². The lowest BCUT2D eigenvalue weighted by molar-refractivity contribution is -0.137. The molecule has 1 amide bonds. The Morgan fingerprint density at radius 2 is 1.67 bits per heavy atom. The van der Waals surface area contributed by atoms with E-state index in [9.17, 15) is 18.0 Å². The number of alkyl halides is 3. The predicted octanol–water partition coefficient (Wildman–Crippen LogP) is 1.70. The summed E-state index contributed by atoms with van der Waals surface area (Å²) in [7, 11) is 0. The number of piperazine rings is 1. The Balaban J connectivity index is 1.98. The summed E-state index contributed by atoms with van der Waals surface area (Å²) < 4.78 is 37.5. The van der Waals surface area contributed by atoms with Gasteiger partial charge in [-0.1, -0.05) is 0 Å². The molecule has 0 aromatic heterocycles. The van der Waals surface area contributed by atoms with Crippen molar-refractivity contribution in [2.45, 2.75) is 19.1 Å². The van der Waals surface area contributed by atoms with E-state index in [-0.39, 0.29) is 5.91 Å². The highest BCUT2D eigenvalue weighted by Gasteiger charge is 2.30. The minimum Gasteiger partial charge on any atom is -0.368 e. The van der Waals surface area contributed by atoms with Crippen molar-refractivity contribution in [2.75, 3.05) is 31.1 Å². The molecule has 0 unspecified atom stereocenters. The van der Waals surface area contributed by atoms with E-state index in [0.717, 1.165) is 17.8 Å². The van der Waals surface area contributed by atoms with Gasteiger partial charge >= 0.3 is 6.18 Å². The molecule has 0 radical (unpaired) electrons. The molecule has 116 valence electrons. The molecule has 1 aromatic carbocycles. The standard InChI is InChI=1S/C14H18F3N3O/c1-10(18)13(21)20-8-6-19(7-9-20)12-4-2-11(3-5-12)14(15,16)17/h2-5,10H,6-9,18H2,1H3/t10-/m0/s1. The van der Waals surface area contributed by atoms with E-state index < -0.39 is 17.8 Å². The summed E-state index contributed by atoms with van der Waals surface area (Å²) in [6.07, 6.45) is -4.32. The number of nitrogens with two attached hydrogens (primary N) is 1. The van der Waals surface area contributed by atoms with Crippen LogP contribution in [0, 0.1) is 0 Å². The second kappa shape index (κ2) is 5.93. The van der Waals surface area contributed by atoms with Crippen LogP contribution in [0.2, 0.25) is 0 Å². The SMILES string of the molecule is C[C@H](N)C(=O)N1CCN(c2ccc(C(F)(F)F)cc2)CC1. The van der Waals surface area contributed by atoms with Gasteiger partial charge in [-0.05, 0) is 31.2 Å². The van der Waals surface area contributed by atoms with Gasteiger partial charge in [-0.15, -0.1) is 0 Å². The van der Waals surface area contributed by atoms with Crippen molar-refractivity contribution >= 4 is 11.6 Å². The number of hydrogen-bond acceptors (Lipinski definition) is 3. The van der Waals surface area contributed by atoms with Gasteiger partial charge in [-0.25, -0.2) is 0 Å². The topological polar surface area (TPSA) is 49.6 Å². The number of rotatable bonds is 2. The minimum absolute atomic E-state index is 0.0953. The molecular weight excluding hydrogens is 283 g/mol. The van der Waals surface area contributed by atoms with Crippen LogP contribution in [-0.4, -0.2) is 43.0 Å². The van der Waals surface area contributed by atoms with E-state index in [1.807, 2.05) is 4.90 Å². The normalized spacial score (nSPS) is 17.8. The Labute approximate surface area is 121 Å². The number of carbonyl (C=O) groups excluding carboxylic acids is 1. The summed E-state index contributed by atoms with van der Waals surface area (Å²) in [5.41, 5.74) is 5.64. The van der Waals surface area contributed by atoms with Crippen LogP contribution in [0.5, 0.6) is 0 Å². The fraction of sp³-hybridized carbons (Fsp3) is 0.500. The number of halogens is 3. The van der Waals surface area contributed by atoms with Crippen LogP contribution in [0.15, 0.2) is 24.3 Å². The molecule has 1 heterocycles. The molecule has 0 spiro atoms. The number of benzene rings is 1. The number of amides is 1. The number of anilines is 1. The molecule has 1 aliphatic rings. The molecule has 1 atom stereocenters. The van der Waals surface area contributed by atoms with Gasteiger partial charge in [0.15, 0.2) is 0 Å². The van der Waals surface area contributed by atoms with E-state index >= 15 is 0 Å². The third-order valence-corrected chi connectivity index (χ3v) is 3.54. The fourth-order valence-corrected chi connectivity index (χ4v) is 2.33. The van der Waals surface area contributed by atoms with Gasteiger partial charge in [0.1, 0.15) is 0 Å². The first kappa shape index (κ1) is 15.6. The summed E-state index contributed by atoms with van der Waals surface area (Å²) in [5, 5.41) is 0. The first-order valence-electron chi connectivity index (χ1n) is 6.75. The molecule has 1 aliphatic heterocycles. The maximum atomic E-state index is 12.5. The van der Waals surface area contributed by atoms with Crippen LogP contribution in [0.25, 0.3) is 0 Å². The molecule has 0 bridgehead atoms. The van der Waals surface area contributed by atoms with Gasteiger partial charge in [0.25, 0.3) is 0 Å². The Morgan fingerprint density at radius 3 is 2.10 bits per heavy atom. The summed E-state index contributed by atoms with van der Waals surface area (Å²) >= 11 is 0. The molecule has 1 aromatic rings. The molecule has 4 nitrogen and oxygen atoms in total. The maximum Gasteiger partial charge on any atom is 0.416 e. The highest BCUT2D eigenvalue weighted by Crippen LogP contribution is 2.30. The van der Waals surface area contributed by atoms with Crippen molar-refractivity contribution in [1.29, 1.82) is 0 Å². The van der Waals surface area contributed by atoms with Gasteiger partial charge in [0, 0.05) is 31.9 Å². The zero-order valence-electron chi connectivity index (χ0n) is 11.7. The average Bonchev–Trinajstić information content (AvgIpc) is 2.46. The van der Waals surface area contributed by atoms with Crippen molar-refractivity contribution in [3.8, 4) is 0 Å². The highest BCUT2D eigenvalue weighted by molar-refractivity contribution is 5.81. The number of nitrogens with zero attached hydrogens (tertiary/aromatic N) is 2. The lowest BCUT2D eigenvalue weighted by Gasteiger charge is -2.36. The Hall–Kier alpha value is -1.76. The Kier molecular flexibility index (Phi) is 4.41. The fourth-order valence-electron chi connectivity index (χ4n) is 2.33. The average molecular weight is 301 g/mol. The Bertz CT molecular complexity index is 491. The van der Waals surface area contributed by atoms with Crippen LogP contribution >= 0.6 is 0 Å². The lowest BCUT2D eigenvalue weighted by atomic mass is 10.1. The van der Waals surface area contributed by atoms with Crippen LogP contribution in [0.4, 0.5) is 18.9 Å². The predicted molar refractivity (Wildman–Crippen MR) is 73.9 cm³/mol. The first-order chi connectivity index (χ1) is 9.79. The van der Waals surface area contributed by atoms with Gasteiger partial charge in [0.2, 0.25) is 5.91 Å². The van der Waals surface area contributed by atoms with Gasteiger partial charge in [-0.2, -0.15) is 13.2 Å². The van der Waals surface area contributed by atoms with Crippen molar-refractivity contribution in [3.05, 3.63) is 29.8 Å². The van der Waals surface area contributed by atoms with E-state index in [1.165, 1.54) is 12.1 Å². The lowest BCUT2D eigenvalue weighted by Crippen LogP contribution is -2.52. The molecule has 1 saturated heterocycles. The van der Waals surface area contributed by atoms with Crippen molar-refractivity contribution < 1.29 is 18.0 Å². The maximum absolute atomic E-state index is 12.5. The van der Waals surface area contributed by atoms with E-state index in [0.29, 0.717) is 26.2 Å². The smallest absolute Gasteiger partial charge is 0.368 e. The number of carbonyl (C=O) groups is 1. The van der Waals surface area contributed by atoms with E-state index in [2.05, 4.69) is 0 Å². The minimum atomic E-state index is -4.32. The zero-order valence-corrected chi connectivity index (χ0v) is 11.7. The van der Waals surface area contributed by atoms with Crippen molar-refractivity contribution in [3.63, 3.8) is 0 Å². The largest absolute Gasteiger partial charge is 0.416 e. The van der Waals surface area contributed by atoms with Crippen LogP contribution in [0.3, 0.4) is 0 Å². The summed E-state index contributed by atoms with van der Waals surface area (Å²) in [6, 6.07) is 4.56. The third-order valence-electron chi connectivity index (χ3n) is 3.54. The molecular formula is C14H18F3N3O. The molecule has 0 aliphatic carbocycles. The molecule has 2 N–H and O–H groups in total. The van der Waals surface area contributed by atoms with E-state index in [4.69, 9.17) is 5.73 Å². The second-order valence-electron chi connectivity index (χ2n) is 5.15. The third kappa shape index (κ3) is 3.66. The molecule has 1 fully saturated rings. The van der Waals surface area contributed by atoms with Crippen molar-refractivity contribution in [2.24, 2.45) is 5.73 Å². The molecule has 0 saturated carbocycles. The Morgan fingerprint density at radius 1 is 1.14 bits per heavy atom. The van der Waals surface area contributed by atoms with Crippen LogP contribution < -0.4 is 10.6 Å². The van der Waals surface area contributed by atoms with Crippen molar-refractivity contribution in [1.82, 2.24) is 4.90 Å². The summed E-state index contributed by atoms with van der Waals surface area (Å²) in [5.74, 6) is -0.0953. The number of hydrogen-bond donors (Lipinski definition) is 1. The summed E-state index contributed by atoms with van der Waals surface area (Å²) in [4.78, 5) is 15.4. The molecule has 21 heavy (non-hydrogen) atoms. The summed E-state index contributed by atoms with van der Waals surface area (Å²) in [6.45, 7) is 3.88. The van der Waals surface area contributed by atoms with Crippen LogP contribution in [0.1, 0.15) is 12.5 Å². The van der Waals surface area contributed by atoms with Gasteiger partial charge < -0.3 is 15.5 Å². The van der Waals surface area contributed by atoms with Gasteiger partial charge in [-0.3, -0.25) is 4.79 Å². The monoisotopic (exact) mass is 301 g/mol. The first-order valence-corrected chi connectivity index (χ1v) is 6.75. The molecule has 2 rings (SSSR count). The van der Waals surface area contributed by atoms with Gasteiger partial charge in [0.05, 0.1) is 11.6 Å². The highest BCUT2D eigenvalue weighted by atomic mass is 19.4. The van der Waals surface area contributed by atoms with Crippen LogP contribution in [-0.2, 0) is 11.0 Å². The molecule has 7 heteroatoms. The second-order valence-corrected chi connectivity index (χ2v) is 5.15. The zero-order chi connectivity index (χ0) is 15.6.